The predicted octanol–water partition coefficient (Wildman–Crippen LogP) is 4.15. The molecule has 2 aromatic rings. The van der Waals surface area contributed by atoms with Crippen LogP contribution < -0.4 is 15.2 Å². The molecule has 2 rings (SSSR count). The van der Waals surface area contributed by atoms with Gasteiger partial charge in [0.1, 0.15) is 5.75 Å². The van der Waals surface area contributed by atoms with E-state index in [2.05, 4.69) is 20.7 Å². The minimum Gasteiger partial charge on any atom is -0.496 e. The summed E-state index contributed by atoms with van der Waals surface area (Å²) in [5, 5.41) is 0.335. The highest BCUT2D eigenvalue weighted by atomic mass is 79.9. The van der Waals surface area contributed by atoms with Gasteiger partial charge in [-0.3, -0.25) is 4.72 Å². The number of anilines is 2. The van der Waals surface area contributed by atoms with Crippen LogP contribution in [-0.4, -0.2) is 15.5 Å². The summed E-state index contributed by atoms with van der Waals surface area (Å²) in [6.45, 7) is 0. The summed E-state index contributed by atoms with van der Waals surface area (Å²) in [6, 6.07) is 7.17. The van der Waals surface area contributed by atoms with Gasteiger partial charge in [0.15, 0.2) is 0 Å². The fourth-order valence-corrected chi connectivity index (χ4v) is 3.92. The average Bonchev–Trinajstić information content (AvgIpc) is 2.44. The van der Waals surface area contributed by atoms with Crippen molar-refractivity contribution in [3.8, 4) is 5.75 Å². The Labute approximate surface area is 146 Å². The first kappa shape index (κ1) is 17.2. The molecule has 0 unspecified atom stereocenters. The van der Waals surface area contributed by atoms with Gasteiger partial charge < -0.3 is 10.5 Å². The van der Waals surface area contributed by atoms with Crippen LogP contribution in [0.5, 0.6) is 5.75 Å². The summed E-state index contributed by atoms with van der Waals surface area (Å²) < 4.78 is 32.7. The molecule has 0 saturated heterocycles. The minimum atomic E-state index is -3.80. The summed E-state index contributed by atoms with van der Waals surface area (Å²) in [6.07, 6.45) is 0. The zero-order valence-electron chi connectivity index (χ0n) is 11.2. The maximum absolute atomic E-state index is 12.4. The number of benzene rings is 2. The zero-order chi connectivity index (χ0) is 16.5. The molecule has 0 heterocycles. The second-order valence-corrected chi connectivity index (χ2v) is 7.61. The summed E-state index contributed by atoms with van der Waals surface area (Å²) in [7, 11) is -2.31. The van der Waals surface area contributed by atoms with Crippen LogP contribution in [0.1, 0.15) is 0 Å². The average molecular weight is 426 g/mol. The van der Waals surface area contributed by atoms with Crippen molar-refractivity contribution in [2.45, 2.75) is 4.90 Å². The topological polar surface area (TPSA) is 81.4 Å². The molecular formula is C13H11BrCl2N2O3S. The molecule has 118 valence electrons. The number of hydrogen-bond donors (Lipinski definition) is 2. The molecular weight excluding hydrogens is 415 g/mol. The van der Waals surface area contributed by atoms with Gasteiger partial charge in [-0.2, -0.15) is 0 Å². The smallest absolute Gasteiger partial charge is 0.261 e. The van der Waals surface area contributed by atoms with Crippen LogP contribution in [0.3, 0.4) is 0 Å². The standard InChI is InChI=1S/C13H11BrCl2N2O3S/c1-21-12-3-2-8(6-9(12)14)22(19,20)18-7-4-10(15)13(17)11(16)5-7/h2-6,18H,17H2,1H3. The van der Waals surface area contributed by atoms with Crippen LogP contribution in [0.2, 0.25) is 10.0 Å². The molecule has 0 aromatic heterocycles. The van der Waals surface area contributed by atoms with Gasteiger partial charge in [0.25, 0.3) is 10.0 Å². The fourth-order valence-electron chi connectivity index (χ4n) is 1.67. The third-order valence-electron chi connectivity index (χ3n) is 2.76. The Hall–Kier alpha value is -1.15. The quantitative estimate of drug-likeness (QED) is 0.721. The maximum atomic E-state index is 12.4. The molecule has 9 heteroatoms. The maximum Gasteiger partial charge on any atom is 0.261 e. The van der Waals surface area contributed by atoms with E-state index >= 15 is 0 Å². The van der Waals surface area contributed by atoms with Gasteiger partial charge in [0, 0.05) is 0 Å². The van der Waals surface area contributed by atoms with E-state index in [4.69, 9.17) is 33.7 Å². The van der Waals surface area contributed by atoms with E-state index in [-0.39, 0.29) is 26.3 Å². The van der Waals surface area contributed by atoms with E-state index in [1.807, 2.05) is 0 Å². The van der Waals surface area contributed by atoms with E-state index < -0.39 is 10.0 Å². The molecule has 0 spiro atoms. The third kappa shape index (κ3) is 3.60. The Bertz CT molecular complexity index is 805. The third-order valence-corrected chi connectivity index (χ3v) is 5.39. The van der Waals surface area contributed by atoms with Gasteiger partial charge in [-0.05, 0) is 46.3 Å². The van der Waals surface area contributed by atoms with Crippen LogP contribution in [0.15, 0.2) is 39.7 Å². The molecule has 22 heavy (non-hydrogen) atoms. The molecule has 2 aromatic carbocycles. The molecule has 0 fully saturated rings. The molecule has 0 atom stereocenters. The summed E-state index contributed by atoms with van der Waals surface area (Å²) in [5.74, 6) is 0.525. The molecule has 0 aliphatic rings. The lowest BCUT2D eigenvalue weighted by Gasteiger charge is -2.11. The second-order valence-electron chi connectivity index (χ2n) is 4.26. The number of methoxy groups -OCH3 is 1. The zero-order valence-corrected chi connectivity index (χ0v) is 15.1. The number of hydrogen-bond acceptors (Lipinski definition) is 4. The van der Waals surface area contributed by atoms with Crippen molar-refractivity contribution in [1.29, 1.82) is 0 Å². The molecule has 0 aliphatic carbocycles. The van der Waals surface area contributed by atoms with E-state index in [1.54, 1.807) is 6.07 Å². The van der Waals surface area contributed by atoms with E-state index in [0.29, 0.717) is 10.2 Å². The molecule has 3 N–H and O–H groups in total. The van der Waals surface area contributed by atoms with Crippen LogP contribution in [-0.2, 0) is 10.0 Å². The van der Waals surface area contributed by atoms with Gasteiger partial charge in [-0.1, -0.05) is 23.2 Å². The van der Waals surface area contributed by atoms with Crippen LogP contribution in [0, 0.1) is 0 Å². The summed E-state index contributed by atoms with van der Waals surface area (Å²) in [5.41, 5.74) is 6.03. The summed E-state index contributed by atoms with van der Waals surface area (Å²) in [4.78, 5) is 0.0595. The molecule has 5 nitrogen and oxygen atoms in total. The largest absolute Gasteiger partial charge is 0.496 e. The number of rotatable bonds is 4. The van der Waals surface area contributed by atoms with Gasteiger partial charge in [-0.25, -0.2) is 8.42 Å². The number of nitrogens with one attached hydrogen (secondary N) is 1. The van der Waals surface area contributed by atoms with Crippen molar-refractivity contribution in [3.05, 3.63) is 44.8 Å². The molecule has 0 saturated carbocycles. The summed E-state index contributed by atoms with van der Waals surface area (Å²) >= 11 is 15.0. The highest BCUT2D eigenvalue weighted by molar-refractivity contribution is 9.10. The number of nitrogen functional groups attached to an aromatic ring is 1. The van der Waals surface area contributed by atoms with Gasteiger partial charge in [0.2, 0.25) is 0 Å². The molecule has 0 amide bonds. The van der Waals surface area contributed by atoms with Crippen LogP contribution >= 0.6 is 39.1 Å². The normalized spacial score (nSPS) is 11.3. The first-order chi connectivity index (χ1) is 10.2. The van der Waals surface area contributed by atoms with Crippen molar-refractivity contribution in [2.24, 2.45) is 0 Å². The fraction of sp³-hybridized carbons (Fsp3) is 0.0769. The van der Waals surface area contributed by atoms with Crippen molar-refractivity contribution < 1.29 is 13.2 Å². The first-order valence-corrected chi connectivity index (χ1v) is 8.88. The lowest BCUT2D eigenvalue weighted by Crippen LogP contribution is -2.13. The van der Waals surface area contributed by atoms with E-state index in [9.17, 15) is 8.42 Å². The Morgan fingerprint density at radius 1 is 1.18 bits per heavy atom. The van der Waals surface area contributed by atoms with E-state index in [0.717, 1.165) is 0 Å². The lowest BCUT2D eigenvalue weighted by molar-refractivity contribution is 0.411. The number of sulfonamides is 1. The molecule has 0 bridgehead atoms. The Kier molecular flexibility index (Phi) is 5.11. The van der Waals surface area contributed by atoms with Crippen molar-refractivity contribution >= 4 is 60.5 Å². The Balaban J connectivity index is 2.38. The lowest BCUT2D eigenvalue weighted by atomic mass is 10.3. The highest BCUT2D eigenvalue weighted by Crippen LogP contribution is 2.33. The minimum absolute atomic E-state index is 0.0595. The number of ether oxygens (including phenoxy) is 1. The van der Waals surface area contributed by atoms with Crippen molar-refractivity contribution in [2.75, 3.05) is 17.6 Å². The second kappa shape index (κ2) is 6.54. The van der Waals surface area contributed by atoms with E-state index in [1.165, 1.54) is 31.4 Å². The van der Waals surface area contributed by atoms with Gasteiger partial charge >= 0.3 is 0 Å². The highest BCUT2D eigenvalue weighted by Gasteiger charge is 2.17. The van der Waals surface area contributed by atoms with Gasteiger partial charge in [0.05, 0.1) is 37.9 Å². The Morgan fingerprint density at radius 2 is 1.77 bits per heavy atom. The number of nitrogens with two attached hydrogens (primary N) is 1. The molecule has 0 aliphatic heterocycles. The van der Waals surface area contributed by atoms with Crippen LogP contribution in [0.4, 0.5) is 11.4 Å². The SMILES string of the molecule is COc1ccc(S(=O)(=O)Nc2cc(Cl)c(N)c(Cl)c2)cc1Br. The van der Waals surface area contributed by atoms with Gasteiger partial charge in [-0.15, -0.1) is 0 Å². The van der Waals surface area contributed by atoms with Crippen LogP contribution in [0.25, 0.3) is 0 Å². The van der Waals surface area contributed by atoms with Crippen molar-refractivity contribution in [3.63, 3.8) is 0 Å². The monoisotopic (exact) mass is 424 g/mol. The number of halogens is 3. The first-order valence-electron chi connectivity index (χ1n) is 5.85. The van der Waals surface area contributed by atoms with Crippen molar-refractivity contribution in [1.82, 2.24) is 0 Å². The molecule has 0 radical (unpaired) electrons. The predicted molar refractivity (Wildman–Crippen MR) is 92.4 cm³/mol. The Morgan fingerprint density at radius 3 is 2.27 bits per heavy atom.